The molecule has 1 fully saturated rings. The van der Waals surface area contributed by atoms with Crippen molar-refractivity contribution in [2.45, 2.75) is 25.3 Å². The number of esters is 1. The Morgan fingerprint density at radius 1 is 0.950 bits per heavy atom. The van der Waals surface area contributed by atoms with Crippen LogP contribution in [0.25, 0.3) is 6.08 Å². The van der Waals surface area contributed by atoms with Crippen molar-refractivity contribution in [2.24, 2.45) is 11.0 Å². The van der Waals surface area contributed by atoms with Crippen LogP contribution in [0.4, 0.5) is 8.78 Å². The van der Waals surface area contributed by atoms with Crippen LogP contribution in [0.2, 0.25) is 0 Å². The van der Waals surface area contributed by atoms with Crippen molar-refractivity contribution >= 4 is 23.7 Å². The third kappa shape index (κ3) is 5.45. The molecular weight excluding hydrogens is 518 g/mol. The van der Waals surface area contributed by atoms with Gasteiger partial charge in [0.1, 0.15) is 28.7 Å². The number of carbonyl (C=O) groups is 2. The number of methoxy groups -OCH3 is 2. The third-order valence-corrected chi connectivity index (χ3v) is 7.16. The zero-order valence-electron chi connectivity index (χ0n) is 22.1. The zero-order chi connectivity index (χ0) is 28.2. The van der Waals surface area contributed by atoms with E-state index in [-0.39, 0.29) is 5.92 Å². The summed E-state index contributed by atoms with van der Waals surface area (Å²) >= 11 is 0. The molecule has 2 aliphatic rings. The number of hydrogen-bond donors (Lipinski definition) is 0. The van der Waals surface area contributed by atoms with Crippen LogP contribution in [0.15, 0.2) is 77.4 Å². The Morgan fingerprint density at radius 3 is 2.20 bits per heavy atom. The smallest absolute Gasteiger partial charge is 0.344 e. The number of nitrogens with zero attached hydrogens (tertiary/aromatic N) is 2. The van der Waals surface area contributed by atoms with Gasteiger partial charge in [0, 0.05) is 5.92 Å². The first-order chi connectivity index (χ1) is 19.4. The molecule has 7 nitrogen and oxygen atoms in total. The molecule has 3 aromatic carbocycles. The van der Waals surface area contributed by atoms with E-state index in [9.17, 15) is 18.4 Å². The minimum absolute atomic E-state index is 0.0877. The van der Waals surface area contributed by atoms with E-state index in [4.69, 9.17) is 19.3 Å². The van der Waals surface area contributed by atoms with E-state index in [0.29, 0.717) is 5.75 Å². The Bertz CT molecular complexity index is 1450. The number of halogens is 2. The highest BCUT2D eigenvalue weighted by Gasteiger charge is 2.44. The van der Waals surface area contributed by atoms with Crippen LogP contribution in [-0.4, -0.2) is 43.4 Å². The van der Waals surface area contributed by atoms with E-state index >= 15 is 0 Å². The van der Waals surface area contributed by atoms with Crippen LogP contribution >= 0.6 is 0 Å². The minimum Gasteiger partial charge on any atom is -0.497 e. The Labute approximate surface area is 230 Å². The predicted molar refractivity (Wildman–Crippen MR) is 145 cm³/mol. The molecule has 1 amide bonds. The zero-order valence-corrected chi connectivity index (χ0v) is 22.1. The second-order valence-corrected chi connectivity index (χ2v) is 9.56. The third-order valence-electron chi connectivity index (χ3n) is 7.16. The molecule has 3 aromatic rings. The van der Waals surface area contributed by atoms with Crippen LogP contribution < -0.4 is 9.47 Å². The summed E-state index contributed by atoms with van der Waals surface area (Å²) in [5.41, 5.74) is 2.79. The van der Waals surface area contributed by atoms with Crippen LogP contribution in [0.1, 0.15) is 46.8 Å². The van der Waals surface area contributed by atoms with Gasteiger partial charge in [-0.05, 0) is 78.4 Å². The Hall–Kier alpha value is -4.53. The summed E-state index contributed by atoms with van der Waals surface area (Å²) in [6.07, 6.45) is 4.56. The van der Waals surface area contributed by atoms with Crippen LogP contribution in [0, 0.1) is 17.6 Å². The lowest BCUT2D eigenvalue weighted by atomic mass is 9.77. The number of hydrazone groups is 1. The number of allylic oxidation sites excluding steroid dienone is 1. The van der Waals surface area contributed by atoms with Crippen molar-refractivity contribution in [2.75, 3.05) is 20.8 Å². The van der Waals surface area contributed by atoms with Gasteiger partial charge in [-0.1, -0.05) is 30.3 Å². The van der Waals surface area contributed by atoms with E-state index in [1.54, 1.807) is 14.2 Å². The molecular formula is C31H28F2N2O5. The highest BCUT2D eigenvalue weighted by Crippen LogP contribution is 2.44. The van der Waals surface area contributed by atoms with Gasteiger partial charge in [-0.2, -0.15) is 5.10 Å². The molecule has 1 aliphatic carbocycles. The summed E-state index contributed by atoms with van der Waals surface area (Å²) in [5, 5.41) is 6.08. The lowest BCUT2D eigenvalue weighted by Gasteiger charge is -2.29. The molecule has 1 aliphatic heterocycles. The van der Waals surface area contributed by atoms with Crippen molar-refractivity contribution in [3.05, 3.63) is 101 Å². The van der Waals surface area contributed by atoms with Gasteiger partial charge < -0.3 is 14.2 Å². The predicted octanol–water partition coefficient (Wildman–Crippen LogP) is 5.96. The SMILES string of the molecule is COc1ccc(/C=C2/CCC[C@@H]3C2=NN(C(=O)COC(=O)c2c(F)cccc2F)[C@@H]3c2ccc(OC)cc2)cc1. The molecule has 0 saturated heterocycles. The summed E-state index contributed by atoms with van der Waals surface area (Å²) in [6.45, 7) is -0.722. The molecule has 9 heteroatoms. The lowest BCUT2D eigenvalue weighted by molar-refractivity contribution is -0.137. The maximum atomic E-state index is 14.1. The lowest BCUT2D eigenvalue weighted by Crippen LogP contribution is -2.34. The second-order valence-electron chi connectivity index (χ2n) is 9.56. The van der Waals surface area contributed by atoms with Crippen LogP contribution in [0.3, 0.4) is 0 Å². The van der Waals surface area contributed by atoms with Gasteiger partial charge in [0.2, 0.25) is 0 Å². The van der Waals surface area contributed by atoms with E-state index in [2.05, 4.69) is 6.08 Å². The maximum Gasteiger partial charge on any atom is 0.344 e. The molecule has 5 rings (SSSR count). The Morgan fingerprint density at radius 2 is 1.57 bits per heavy atom. The van der Waals surface area contributed by atoms with Gasteiger partial charge >= 0.3 is 5.97 Å². The van der Waals surface area contributed by atoms with Crippen molar-refractivity contribution in [3.63, 3.8) is 0 Å². The fraction of sp³-hybridized carbons (Fsp3) is 0.258. The number of carbonyl (C=O) groups excluding carboxylic acids is 2. The van der Waals surface area contributed by atoms with Gasteiger partial charge in [-0.15, -0.1) is 0 Å². The summed E-state index contributed by atoms with van der Waals surface area (Å²) < 4.78 is 43.7. The fourth-order valence-corrected chi connectivity index (χ4v) is 5.20. The molecule has 1 heterocycles. The molecule has 2 atom stereocenters. The van der Waals surface area contributed by atoms with E-state index < -0.39 is 41.7 Å². The molecule has 0 spiro atoms. The molecule has 40 heavy (non-hydrogen) atoms. The number of amides is 1. The first-order valence-electron chi connectivity index (χ1n) is 12.9. The topological polar surface area (TPSA) is 77.4 Å². The standard InChI is InChI=1S/C31H28F2N2O5/c1-38-22-13-9-19(10-14-22)17-21-5-3-6-24-29(21)34-35(30(24)20-11-15-23(39-2)16-12-20)27(36)18-40-31(37)28-25(32)7-4-8-26(28)33/h4,7-17,24,30H,3,5-6,18H2,1-2H3/b21-17-/t24-,30-/m1/s1. The molecule has 0 radical (unpaired) electrons. The average Bonchev–Trinajstić information content (AvgIpc) is 3.37. The minimum atomic E-state index is -1.26. The van der Waals surface area contributed by atoms with E-state index in [0.717, 1.165) is 65.6 Å². The van der Waals surface area contributed by atoms with Gasteiger partial charge in [-0.25, -0.2) is 18.6 Å². The first-order valence-corrected chi connectivity index (χ1v) is 12.9. The Kier molecular flexibility index (Phi) is 7.91. The van der Waals surface area contributed by atoms with Gasteiger partial charge in [0.05, 0.1) is 26.0 Å². The van der Waals surface area contributed by atoms with E-state index in [1.807, 2.05) is 48.5 Å². The molecule has 0 unspecified atom stereocenters. The summed E-state index contributed by atoms with van der Waals surface area (Å²) in [5.74, 6) is -2.64. The second kappa shape index (κ2) is 11.7. The normalized spacial score (nSPS) is 19.1. The number of ether oxygens (including phenoxy) is 3. The number of hydrogen-bond acceptors (Lipinski definition) is 6. The summed E-state index contributed by atoms with van der Waals surface area (Å²) in [6, 6.07) is 17.7. The maximum absolute atomic E-state index is 14.1. The number of fused-ring (bicyclic) bond motifs is 1. The molecule has 0 N–H and O–H groups in total. The Balaban J connectivity index is 1.44. The number of benzene rings is 3. The highest BCUT2D eigenvalue weighted by atomic mass is 19.1. The van der Waals surface area contributed by atoms with Crippen molar-refractivity contribution in [3.8, 4) is 11.5 Å². The molecule has 0 aromatic heterocycles. The quantitative estimate of drug-likeness (QED) is 0.342. The van der Waals surface area contributed by atoms with Gasteiger partial charge in [0.15, 0.2) is 6.61 Å². The molecule has 206 valence electrons. The monoisotopic (exact) mass is 546 g/mol. The average molecular weight is 547 g/mol. The van der Waals surface area contributed by atoms with Crippen LogP contribution in [-0.2, 0) is 9.53 Å². The first kappa shape index (κ1) is 27.1. The number of rotatable bonds is 7. The van der Waals surface area contributed by atoms with Gasteiger partial charge in [0.25, 0.3) is 5.91 Å². The van der Waals surface area contributed by atoms with E-state index in [1.165, 1.54) is 5.01 Å². The molecule has 1 saturated carbocycles. The summed E-state index contributed by atoms with van der Waals surface area (Å²) in [4.78, 5) is 25.9. The van der Waals surface area contributed by atoms with Crippen molar-refractivity contribution < 1.29 is 32.6 Å². The van der Waals surface area contributed by atoms with Gasteiger partial charge in [-0.3, -0.25) is 4.79 Å². The van der Waals surface area contributed by atoms with Crippen LogP contribution in [0.5, 0.6) is 11.5 Å². The largest absolute Gasteiger partial charge is 0.497 e. The van der Waals surface area contributed by atoms with Crippen molar-refractivity contribution in [1.82, 2.24) is 5.01 Å². The summed E-state index contributed by atoms with van der Waals surface area (Å²) in [7, 11) is 3.19. The highest BCUT2D eigenvalue weighted by molar-refractivity contribution is 6.08. The van der Waals surface area contributed by atoms with Crippen molar-refractivity contribution in [1.29, 1.82) is 0 Å². The fourth-order valence-electron chi connectivity index (χ4n) is 5.20. The molecule has 0 bridgehead atoms.